The van der Waals surface area contributed by atoms with Gasteiger partial charge in [0.2, 0.25) is 11.8 Å². The van der Waals surface area contributed by atoms with Crippen molar-refractivity contribution < 1.29 is 18.7 Å². The molecule has 140 valence electrons. The van der Waals surface area contributed by atoms with Gasteiger partial charge in [-0.25, -0.2) is 4.39 Å². The topological polar surface area (TPSA) is 76.5 Å². The zero-order chi connectivity index (χ0) is 19.1. The Hall–Kier alpha value is -2.90. The van der Waals surface area contributed by atoms with Crippen molar-refractivity contribution in [2.24, 2.45) is 0 Å². The molecule has 26 heavy (non-hydrogen) atoms. The van der Waals surface area contributed by atoms with Crippen molar-refractivity contribution in [2.75, 3.05) is 20.2 Å². The maximum Gasteiger partial charge on any atom is 0.247 e. The largest absolute Gasteiger partial charge is 0.491 e. The van der Waals surface area contributed by atoms with Gasteiger partial charge in [-0.1, -0.05) is 0 Å². The predicted molar refractivity (Wildman–Crippen MR) is 94.1 cm³/mol. The Bertz CT molecular complexity index is 719. The number of hydrogen-bond donors (Lipinski definition) is 1. The van der Waals surface area contributed by atoms with Gasteiger partial charge in [-0.05, 0) is 44.2 Å². The highest BCUT2D eigenvalue weighted by atomic mass is 19.1. The minimum absolute atomic E-state index is 0.0642. The van der Waals surface area contributed by atoms with E-state index >= 15 is 0 Å². The number of aromatic nitrogens is 2. The fraction of sp³-hybridized carbons (Fsp3) is 0.389. The van der Waals surface area contributed by atoms with Crippen LogP contribution in [0.3, 0.4) is 0 Å². The van der Waals surface area contributed by atoms with E-state index in [0.717, 1.165) is 0 Å². The Kier molecular flexibility index (Phi) is 6.71. The smallest absolute Gasteiger partial charge is 0.247 e. The van der Waals surface area contributed by atoms with Crippen LogP contribution in [0.4, 0.5) is 4.39 Å². The molecule has 2 atom stereocenters. The number of rotatable bonds is 8. The molecule has 0 saturated carbocycles. The van der Waals surface area contributed by atoms with Crippen molar-refractivity contribution in [3.63, 3.8) is 0 Å². The van der Waals surface area contributed by atoms with E-state index < -0.39 is 6.04 Å². The molecule has 1 heterocycles. The lowest BCUT2D eigenvalue weighted by Crippen LogP contribution is -2.45. The average Bonchev–Trinajstić information content (AvgIpc) is 3.14. The van der Waals surface area contributed by atoms with Crippen LogP contribution in [0.25, 0.3) is 0 Å². The molecule has 2 amide bonds. The fourth-order valence-electron chi connectivity index (χ4n) is 2.35. The SMILES string of the molecule is CC(COc1ccc(F)cc1)NC(=O)CN(C)C(=O)C(C)n1cccn1. The first-order chi connectivity index (χ1) is 12.4. The minimum atomic E-state index is -0.484. The third-order valence-electron chi connectivity index (χ3n) is 3.76. The lowest BCUT2D eigenvalue weighted by molar-refractivity contribution is -0.137. The van der Waals surface area contributed by atoms with Crippen LogP contribution in [0.1, 0.15) is 19.9 Å². The molecule has 0 saturated heterocycles. The van der Waals surface area contributed by atoms with Crippen LogP contribution in [0.2, 0.25) is 0 Å². The van der Waals surface area contributed by atoms with Crippen LogP contribution in [0, 0.1) is 5.82 Å². The highest BCUT2D eigenvalue weighted by Gasteiger charge is 2.21. The summed E-state index contributed by atoms with van der Waals surface area (Å²) in [6, 6.07) is 6.64. The number of nitrogens with one attached hydrogen (secondary N) is 1. The third-order valence-corrected chi connectivity index (χ3v) is 3.76. The molecule has 0 fully saturated rings. The molecule has 8 heteroatoms. The molecule has 0 radical (unpaired) electrons. The summed E-state index contributed by atoms with van der Waals surface area (Å²) in [6.07, 6.45) is 3.30. The quantitative estimate of drug-likeness (QED) is 0.774. The molecule has 0 spiro atoms. The number of amides is 2. The first-order valence-corrected chi connectivity index (χ1v) is 8.28. The maximum atomic E-state index is 12.8. The predicted octanol–water partition coefficient (Wildman–Crippen LogP) is 1.63. The van der Waals surface area contributed by atoms with Gasteiger partial charge in [0.15, 0.2) is 0 Å². The Balaban J connectivity index is 1.76. The lowest BCUT2D eigenvalue weighted by atomic mass is 10.3. The fourth-order valence-corrected chi connectivity index (χ4v) is 2.35. The van der Waals surface area contributed by atoms with Gasteiger partial charge in [-0.3, -0.25) is 14.3 Å². The molecule has 2 unspecified atom stereocenters. The summed E-state index contributed by atoms with van der Waals surface area (Å²) in [4.78, 5) is 25.8. The Morgan fingerprint density at radius 2 is 2.00 bits per heavy atom. The van der Waals surface area contributed by atoms with Gasteiger partial charge in [0.1, 0.15) is 24.2 Å². The Morgan fingerprint density at radius 1 is 1.31 bits per heavy atom. The van der Waals surface area contributed by atoms with Gasteiger partial charge in [0, 0.05) is 19.4 Å². The average molecular weight is 362 g/mol. The molecule has 0 aliphatic heterocycles. The number of carbonyl (C=O) groups is 2. The molecule has 1 aromatic heterocycles. The highest BCUT2D eigenvalue weighted by Crippen LogP contribution is 2.11. The molecule has 2 aromatic rings. The van der Waals surface area contributed by atoms with Crippen LogP contribution in [-0.2, 0) is 9.59 Å². The zero-order valence-electron chi connectivity index (χ0n) is 15.1. The van der Waals surface area contributed by atoms with Gasteiger partial charge in [-0.2, -0.15) is 5.10 Å². The number of hydrogen-bond acceptors (Lipinski definition) is 4. The number of benzene rings is 1. The molecular formula is C18H23FN4O3. The van der Waals surface area contributed by atoms with Gasteiger partial charge in [0.05, 0.1) is 12.6 Å². The van der Waals surface area contributed by atoms with Crippen molar-refractivity contribution >= 4 is 11.8 Å². The van der Waals surface area contributed by atoms with Crippen molar-refractivity contribution in [1.29, 1.82) is 0 Å². The monoisotopic (exact) mass is 362 g/mol. The second-order valence-electron chi connectivity index (χ2n) is 6.09. The summed E-state index contributed by atoms with van der Waals surface area (Å²) in [7, 11) is 1.57. The van der Waals surface area contributed by atoms with Crippen molar-refractivity contribution in [3.05, 3.63) is 48.5 Å². The van der Waals surface area contributed by atoms with E-state index in [9.17, 15) is 14.0 Å². The minimum Gasteiger partial charge on any atom is -0.491 e. The summed E-state index contributed by atoms with van der Waals surface area (Å²) in [6.45, 7) is 3.68. The van der Waals surface area contributed by atoms with E-state index in [0.29, 0.717) is 5.75 Å². The van der Waals surface area contributed by atoms with Crippen LogP contribution in [-0.4, -0.2) is 52.7 Å². The Morgan fingerprint density at radius 3 is 2.62 bits per heavy atom. The van der Waals surface area contributed by atoms with Crippen LogP contribution >= 0.6 is 0 Å². The van der Waals surface area contributed by atoms with E-state index in [2.05, 4.69) is 10.4 Å². The molecule has 1 aromatic carbocycles. The van der Waals surface area contributed by atoms with Crippen LogP contribution in [0.15, 0.2) is 42.7 Å². The first-order valence-electron chi connectivity index (χ1n) is 8.28. The van der Waals surface area contributed by atoms with Crippen LogP contribution in [0.5, 0.6) is 5.75 Å². The normalized spacial score (nSPS) is 12.9. The molecule has 0 aliphatic rings. The second-order valence-corrected chi connectivity index (χ2v) is 6.09. The van der Waals surface area contributed by atoms with Gasteiger partial charge >= 0.3 is 0 Å². The van der Waals surface area contributed by atoms with Gasteiger partial charge in [0.25, 0.3) is 0 Å². The first kappa shape index (κ1) is 19.4. The Labute approximate surface area is 151 Å². The molecule has 7 nitrogen and oxygen atoms in total. The second kappa shape index (κ2) is 8.98. The van der Waals surface area contributed by atoms with E-state index in [1.807, 2.05) is 0 Å². The van der Waals surface area contributed by atoms with Crippen molar-refractivity contribution in [3.8, 4) is 5.75 Å². The lowest BCUT2D eigenvalue weighted by Gasteiger charge is -2.22. The zero-order valence-corrected chi connectivity index (χ0v) is 15.1. The highest BCUT2D eigenvalue weighted by molar-refractivity contribution is 5.86. The standard InChI is InChI=1S/C18H23FN4O3/c1-13(12-26-16-7-5-15(19)6-8-16)21-17(24)11-22(3)18(25)14(2)23-10-4-9-20-23/h4-10,13-14H,11-12H2,1-3H3,(H,21,24). The maximum absolute atomic E-state index is 12.8. The number of halogens is 1. The summed E-state index contributed by atoms with van der Waals surface area (Å²) in [5.41, 5.74) is 0. The number of nitrogens with zero attached hydrogens (tertiary/aromatic N) is 3. The van der Waals surface area contributed by atoms with E-state index in [1.54, 1.807) is 39.4 Å². The van der Waals surface area contributed by atoms with E-state index in [-0.39, 0.29) is 36.8 Å². The van der Waals surface area contributed by atoms with Crippen molar-refractivity contribution in [1.82, 2.24) is 20.0 Å². The number of ether oxygens (including phenoxy) is 1. The summed E-state index contributed by atoms with van der Waals surface area (Å²) in [5, 5.41) is 6.80. The molecule has 0 aliphatic carbocycles. The molecule has 1 N–H and O–H groups in total. The van der Waals surface area contributed by atoms with Crippen LogP contribution < -0.4 is 10.1 Å². The third kappa shape index (κ3) is 5.58. The van der Waals surface area contributed by atoms with Gasteiger partial charge < -0.3 is 15.0 Å². The molecule has 0 bridgehead atoms. The van der Waals surface area contributed by atoms with E-state index in [4.69, 9.17) is 4.74 Å². The number of carbonyl (C=O) groups excluding carboxylic acids is 2. The van der Waals surface area contributed by atoms with Crippen molar-refractivity contribution in [2.45, 2.75) is 25.9 Å². The van der Waals surface area contributed by atoms with Gasteiger partial charge in [-0.15, -0.1) is 0 Å². The summed E-state index contributed by atoms with van der Waals surface area (Å²) < 4.78 is 19.9. The number of likely N-dealkylation sites (N-methyl/N-ethyl adjacent to an activating group) is 1. The summed E-state index contributed by atoms with van der Waals surface area (Å²) >= 11 is 0. The molecule has 2 rings (SSSR count). The van der Waals surface area contributed by atoms with E-state index in [1.165, 1.54) is 33.8 Å². The molecular weight excluding hydrogens is 339 g/mol. The summed E-state index contributed by atoms with van der Waals surface area (Å²) in [5.74, 6) is -0.314.